The predicted octanol–water partition coefficient (Wildman–Crippen LogP) is 1.19. The molecule has 0 aliphatic carbocycles. The molecule has 0 aromatic carbocycles. The van der Waals surface area contributed by atoms with Crippen molar-refractivity contribution in [3.05, 3.63) is 24.8 Å². The normalized spacial score (nSPS) is 13.3. The van der Waals surface area contributed by atoms with E-state index in [0.717, 1.165) is 19.4 Å². The van der Waals surface area contributed by atoms with Gasteiger partial charge in [0.1, 0.15) is 6.61 Å². The number of hydrogen-bond donors (Lipinski definition) is 1. The highest BCUT2D eigenvalue weighted by molar-refractivity contribution is 5.86. The number of carbonyl (C=O) groups is 2. The van der Waals surface area contributed by atoms with Crippen LogP contribution in [0.3, 0.4) is 0 Å². The molecule has 1 saturated heterocycles. The van der Waals surface area contributed by atoms with Gasteiger partial charge in [-0.05, 0) is 13.3 Å². The fraction of sp³-hybridized carbons (Fsp3) is 0.455. The van der Waals surface area contributed by atoms with Crippen LogP contribution in [-0.2, 0) is 14.3 Å². The molecular weight excluding hydrogens is 194 g/mol. The molecule has 1 amide bonds. The van der Waals surface area contributed by atoms with Gasteiger partial charge in [-0.15, -0.1) is 0 Å². The molecule has 4 nitrogen and oxygen atoms in total. The highest BCUT2D eigenvalue weighted by Gasteiger charge is 2.05. The Hall–Kier alpha value is -1.58. The second-order valence-corrected chi connectivity index (χ2v) is 3.12. The van der Waals surface area contributed by atoms with Crippen LogP contribution in [0.4, 0.5) is 0 Å². The topological polar surface area (TPSA) is 55.4 Å². The third-order valence-corrected chi connectivity index (χ3v) is 1.58. The smallest absolute Gasteiger partial charge is 0.333 e. The first-order chi connectivity index (χ1) is 7.07. The number of rotatable bonds is 3. The van der Waals surface area contributed by atoms with Gasteiger partial charge in [0.25, 0.3) is 0 Å². The van der Waals surface area contributed by atoms with E-state index in [-0.39, 0.29) is 18.5 Å². The zero-order valence-electron chi connectivity index (χ0n) is 9.04. The summed E-state index contributed by atoms with van der Waals surface area (Å²) >= 11 is 0. The Kier molecular flexibility index (Phi) is 6.97. The van der Waals surface area contributed by atoms with Crippen LogP contribution in [-0.4, -0.2) is 25.0 Å². The van der Waals surface area contributed by atoms with Gasteiger partial charge in [-0.3, -0.25) is 4.79 Å². The van der Waals surface area contributed by atoms with Gasteiger partial charge in [0.15, 0.2) is 0 Å². The Morgan fingerprint density at radius 1 is 1.67 bits per heavy atom. The maximum absolute atomic E-state index is 10.5. The summed E-state index contributed by atoms with van der Waals surface area (Å²) in [5.74, 6) is -0.162. The van der Waals surface area contributed by atoms with E-state index >= 15 is 0 Å². The van der Waals surface area contributed by atoms with E-state index in [1.165, 1.54) is 6.08 Å². The molecule has 1 heterocycles. The average Bonchev–Trinajstić information content (AvgIpc) is 2.66. The molecule has 1 aliphatic heterocycles. The molecule has 0 unspecified atom stereocenters. The number of hydrogen-bond acceptors (Lipinski definition) is 3. The Morgan fingerprint density at radius 2 is 2.33 bits per heavy atom. The van der Waals surface area contributed by atoms with Gasteiger partial charge >= 0.3 is 5.97 Å². The third kappa shape index (κ3) is 7.49. The van der Waals surface area contributed by atoms with E-state index in [1.54, 1.807) is 6.92 Å². The van der Waals surface area contributed by atoms with Crippen LogP contribution in [0.2, 0.25) is 0 Å². The second kappa shape index (κ2) is 7.79. The van der Waals surface area contributed by atoms with Gasteiger partial charge in [0, 0.05) is 18.5 Å². The summed E-state index contributed by atoms with van der Waals surface area (Å²) in [6.07, 6.45) is 3.28. The predicted molar refractivity (Wildman–Crippen MR) is 58.2 cm³/mol. The molecule has 84 valence electrons. The quantitative estimate of drug-likeness (QED) is 0.433. The van der Waals surface area contributed by atoms with Gasteiger partial charge in [-0.25, -0.2) is 4.79 Å². The zero-order chi connectivity index (χ0) is 11.7. The lowest BCUT2D eigenvalue weighted by Gasteiger charge is -1.97. The van der Waals surface area contributed by atoms with Crippen LogP contribution in [0.15, 0.2) is 24.8 Å². The van der Waals surface area contributed by atoms with Crippen molar-refractivity contribution < 1.29 is 14.3 Å². The standard InChI is InChI=1S/C7H10O2.C4H7NO/c1-4-5-9-7(8)6(2)3;6-4-2-1-3-5-4/h4H,1-2,5H2,3H3;1-3H2,(H,5,6). The van der Waals surface area contributed by atoms with E-state index in [2.05, 4.69) is 23.2 Å². The second-order valence-electron chi connectivity index (χ2n) is 3.12. The van der Waals surface area contributed by atoms with Gasteiger partial charge < -0.3 is 10.1 Å². The highest BCUT2D eigenvalue weighted by atomic mass is 16.5. The molecule has 1 N–H and O–H groups in total. The Labute approximate surface area is 90.0 Å². The Balaban J connectivity index is 0.000000280. The molecule has 4 heteroatoms. The molecule has 0 bridgehead atoms. The van der Waals surface area contributed by atoms with Crippen molar-refractivity contribution in [2.45, 2.75) is 19.8 Å². The summed E-state index contributed by atoms with van der Waals surface area (Å²) in [5, 5.41) is 2.68. The summed E-state index contributed by atoms with van der Waals surface area (Å²) in [6.45, 7) is 9.53. The Bertz CT molecular complexity index is 251. The highest BCUT2D eigenvalue weighted by Crippen LogP contribution is 1.93. The van der Waals surface area contributed by atoms with E-state index in [9.17, 15) is 9.59 Å². The number of esters is 1. The molecule has 1 fully saturated rings. The third-order valence-electron chi connectivity index (χ3n) is 1.58. The van der Waals surface area contributed by atoms with Crippen molar-refractivity contribution >= 4 is 11.9 Å². The SMILES string of the molecule is C=CCOC(=O)C(=C)C.O=C1CCCN1. The molecule has 15 heavy (non-hydrogen) atoms. The minimum atomic E-state index is -0.366. The lowest BCUT2D eigenvalue weighted by molar-refractivity contribution is -0.137. The first-order valence-electron chi connectivity index (χ1n) is 4.78. The molecular formula is C11H17NO3. The average molecular weight is 211 g/mol. The lowest BCUT2D eigenvalue weighted by atomic mass is 10.4. The van der Waals surface area contributed by atoms with Gasteiger partial charge in [-0.2, -0.15) is 0 Å². The maximum atomic E-state index is 10.5. The molecule has 0 atom stereocenters. The molecule has 0 spiro atoms. The van der Waals surface area contributed by atoms with Crippen molar-refractivity contribution in [1.29, 1.82) is 0 Å². The van der Waals surface area contributed by atoms with Crippen LogP contribution in [0.5, 0.6) is 0 Å². The monoisotopic (exact) mass is 211 g/mol. The number of ether oxygens (including phenoxy) is 1. The number of amides is 1. The lowest BCUT2D eigenvalue weighted by Crippen LogP contribution is -2.12. The fourth-order valence-electron chi connectivity index (χ4n) is 0.823. The zero-order valence-corrected chi connectivity index (χ0v) is 9.04. The maximum Gasteiger partial charge on any atom is 0.333 e. The molecule has 0 radical (unpaired) electrons. The van der Waals surface area contributed by atoms with Crippen LogP contribution < -0.4 is 5.32 Å². The molecule has 1 aliphatic rings. The summed E-state index contributed by atoms with van der Waals surface area (Å²) in [7, 11) is 0. The van der Waals surface area contributed by atoms with Crippen LogP contribution >= 0.6 is 0 Å². The molecule has 0 saturated carbocycles. The summed E-state index contributed by atoms with van der Waals surface area (Å²) < 4.78 is 4.60. The van der Waals surface area contributed by atoms with Crippen molar-refractivity contribution in [2.24, 2.45) is 0 Å². The first kappa shape index (κ1) is 13.4. The van der Waals surface area contributed by atoms with Crippen LogP contribution in [0.25, 0.3) is 0 Å². The van der Waals surface area contributed by atoms with Crippen molar-refractivity contribution in [3.8, 4) is 0 Å². The summed E-state index contributed by atoms with van der Waals surface area (Å²) in [6, 6.07) is 0. The van der Waals surface area contributed by atoms with E-state index in [1.807, 2.05) is 0 Å². The summed E-state index contributed by atoms with van der Waals surface area (Å²) in [5.41, 5.74) is 0.414. The van der Waals surface area contributed by atoms with Crippen molar-refractivity contribution in [2.75, 3.05) is 13.2 Å². The van der Waals surface area contributed by atoms with E-state index in [4.69, 9.17) is 0 Å². The summed E-state index contributed by atoms with van der Waals surface area (Å²) in [4.78, 5) is 20.7. The van der Waals surface area contributed by atoms with Gasteiger partial charge in [0.05, 0.1) is 0 Å². The number of nitrogens with one attached hydrogen (secondary N) is 1. The van der Waals surface area contributed by atoms with Crippen LogP contribution in [0, 0.1) is 0 Å². The molecule has 1 rings (SSSR count). The van der Waals surface area contributed by atoms with E-state index in [0.29, 0.717) is 5.57 Å². The van der Waals surface area contributed by atoms with E-state index < -0.39 is 0 Å². The van der Waals surface area contributed by atoms with Gasteiger partial charge in [0.2, 0.25) is 5.91 Å². The van der Waals surface area contributed by atoms with Crippen molar-refractivity contribution in [1.82, 2.24) is 5.32 Å². The van der Waals surface area contributed by atoms with Crippen molar-refractivity contribution in [3.63, 3.8) is 0 Å². The minimum absolute atomic E-state index is 0.204. The largest absolute Gasteiger partial charge is 0.458 e. The fourth-order valence-corrected chi connectivity index (χ4v) is 0.823. The van der Waals surface area contributed by atoms with Gasteiger partial charge in [-0.1, -0.05) is 19.2 Å². The number of carbonyl (C=O) groups excluding carboxylic acids is 2. The first-order valence-corrected chi connectivity index (χ1v) is 4.78. The molecule has 0 aromatic rings. The molecule has 0 aromatic heterocycles. The minimum Gasteiger partial charge on any atom is -0.458 e. The van der Waals surface area contributed by atoms with Crippen LogP contribution in [0.1, 0.15) is 19.8 Å². The Morgan fingerprint density at radius 3 is 2.60 bits per heavy atom.